The summed E-state index contributed by atoms with van der Waals surface area (Å²) in [7, 11) is 1.60. The average Bonchev–Trinajstić information content (AvgIpc) is 2.26. The Hall–Kier alpha value is -0.810. The van der Waals surface area contributed by atoms with Crippen molar-refractivity contribution in [3.63, 3.8) is 0 Å². The zero-order chi connectivity index (χ0) is 12.8. The van der Waals surface area contributed by atoms with Gasteiger partial charge in [0.2, 0.25) is 5.91 Å². The van der Waals surface area contributed by atoms with Crippen molar-refractivity contribution < 1.29 is 9.18 Å². The van der Waals surface area contributed by atoms with Crippen molar-refractivity contribution in [2.24, 2.45) is 0 Å². The largest absolute Gasteiger partial charge is 0.383 e. The first kappa shape index (κ1) is 14.3. The number of amides is 1. The number of hydrogen-bond donors (Lipinski definition) is 2. The Bertz CT molecular complexity index is 391. The third-order valence-corrected chi connectivity index (χ3v) is 3.09. The van der Waals surface area contributed by atoms with Crippen LogP contribution in [0.3, 0.4) is 0 Å². The third-order valence-electron chi connectivity index (χ3n) is 2.17. The summed E-state index contributed by atoms with van der Waals surface area (Å²) >= 11 is 9.12. The fraction of sp³-hybridized carbons (Fsp3) is 0.364. The lowest BCUT2D eigenvalue weighted by Crippen LogP contribution is -2.18. The molecule has 0 aliphatic heterocycles. The molecule has 3 nitrogen and oxygen atoms in total. The molecule has 0 unspecified atom stereocenters. The maximum atomic E-state index is 13.0. The van der Waals surface area contributed by atoms with E-state index in [0.29, 0.717) is 34.6 Å². The van der Waals surface area contributed by atoms with Gasteiger partial charge in [-0.1, -0.05) is 11.6 Å². The van der Waals surface area contributed by atoms with Gasteiger partial charge in [0.15, 0.2) is 0 Å². The molecular formula is C11H13BrClFN2O. The number of anilines is 1. The number of hydrogen-bond acceptors (Lipinski definition) is 2. The Labute approximate surface area is 113 Å². The molecule has 1 aromatic carbocycles. The molecule has 17 heavy (non-hydrogen) atoms. The van der Waals surface area contributed by atoms with E-state index in [2.05, 4.69) is 26.6 Å². The zero-order valence-corrected chi connectivity index (χ0v) is 11.7. The second kappa shape index (κ2) is 6.81. The Morgan fingerprint density at radius 2 is 2.24 bits per heavy atom. The van der Waals surface area contributed by atoms with Gasteiger partial charge in [-0.15, -0.1) is 0 Å². The number of benzene rings is 1. The van der Waals surface area contributed by atoms with Crippen LogP contribution in [0.5, 0.6) is 0 Å². The summed E-state index contributed by atoms with van der Waals surface area (Å²) in [6.07, 6.45) is 1.12. The van der Waals surface area contributed by atoms with E-state index < -0.39 is 5.82 Å². The van der Waals surface area contributed by atoms with Crippen molar-refractivity contribution in [1.29, 1.82) is 0 Å². The second-order valence-corrected chi connectivity index (χ2v) is 4.71. The van der Waals surface area contributed by atoms with E-state index in [9.17, 15) is 9.18 Å². The average molecular weight is 324 g/mol. The first-order valence-corrected chi connectivity index (χ1v) is 6.30. The molecule has 0 radical (unpaired) electrons. The van der Waals surface area contributed by atoms with Crippen LogP contribution in [0, 0.1) is 5.82 Å². The highest BCUT2D eigenvalue weighted by Gasteiger charge is 2.07. The van der Waals surface area contributed by atoms with Crippen molar-refractivity contribution in [1.82, 2.24) is 5.32 Å². The zero-order valence-electron chi connectivity index (χ0n) is 9.32. The van der Waals surface area contributed by atoms with Gasteiger partial charge in [0.1, 0.15) is 5.82 Å². The topological polar surface area (TPSA) is 41.1 Å². The number of rotatable bonds is 5. The van der Waals surface area contributed by atoms with E-state index >= 15 is 0 Å². The van der Waals surface area contributed by atoms with Gasteiger partial charge in [-0.3, -0.25) is 4.79 Å². The van der Waals surface area contributed by atoms with Gasteiger partial charge in [-0.2, -0.15) is 0 Å². The molecule has 1 aromatic rings. The normalized spacial score (nSPS) is 10.1. The summed E-state index contributed by atoms with van der Waals surface area (Å²) in [6.45, 7) is 0.595. The maximum absolute atomic E-state index is 13.0. The number of carbonyl (C=O) groups excluding carboxylic acids is 1. The van der Waals surface area contributed by atoms with Crippen LogP contribution in [-0.2, 0) is 4.79 Å². The second-order valence-electron chi connectivity index (χ2n) is 3.45. The van der Waals surface area contributed by atoms with Gasteiger partial charge in [0, 0.05) is 24.5 Å². The van der Waals surface area contributed by atoms with Crippen LogP contribution in [0.1, 0.15) is 12.8 Å². The minimum Gasteiger partial charge on any atom is -0.383 e. The lowest BCUT2D eigenvalue weighted by atomic mass is 10.2. The lowest BCUT2D eigenvalue weighted by Gasteiger charge is -2.10. The van der Waals surface area contributed by atoms with Gasteiger partial charge in [0.05, 0.1) is 10.7 Å². The summed E-state index contributed by atoms with van der Waals surface area (Å²) in [6, 6.07) is 2.58. The molecule has 0 aliphatic carbocycles. The smallest absolute Gasteiger partial charge is 0.219 e. The monoisotopic (exact) mass is 322 g/mol. The Morgan fingerprint density at radius 1 is 1.53 bits per heavy atom. The van der Waals surface area contributed by atoms with Crippen molar-refractivity contribution in [2.45, 2.75) is 12.8 Å². The summed E-state index contributed by atoms with van der Waals surface area (Å²) < 4.78 is 13.5. The van der Waals surface area contributed by atoms with E-state index in [-0.39, 0.29) is 5.91 Å². The molecule has 0 bridgehead atoms. The molecule has 0 fully saturated rings. The van der Waals surface area contributed by atoms with Gasteiger partial charge in [-0.05, 0) is 34.5 Å². The maximum Gasteiger partial charge on any atom is 0.219 e. The SMILES string of the molecule is CNC(=O)CCCNc1c(Cl)cc(F)cc1Br. The number of halogens is 3. The molecule has 0 saturated carbocycles. The molecular weight excluding hydrogens is 310 g/mol. The van der Waals surface area contributed by atoms with Gasteiger partial charge >= 0.3 is 0 Å². The number of carbonyl (C=O) groups is 1. The van der Waals surface area contributed by atoms with Crippen LogP contribution in [0.2, 0.25) is 5.02 Å². The fourth-order valence-corrected chi connectivity index (χ4v) is 2.26. The molecule has 0 aliphatic rings. The van der Waals surface area contributed by atoms with E-state index in [1.165, 1.54) is 12.1 Å². The molecule has 0 saturated heterocycles. The van der Waals surface area contributed by atoms with Crippen LogP contribution in [0.25, 0.3) is 0 Å². The van der Waals surface area contributed by atoms with Crippen molar-refractivity contribution >= 4 is 39.1 Å². The van der Waals surface area contributed by atoms with E-state index in [1.807, 2.05) is 0 Å². The molecule has 6 heteroatoms. The van der Waals surface area contributed by atoms with Crippen LogP contribution in [-0.4, -0.2) is 19.5 Å². The summed E-state index contributed by atoms with van der Waals surface area (Å²) in [5.41, 5.74) is 0.643. The van der Waals surface area contributed by atoms with Gasteiger partial charge in [-0.25, -0.2) is 4.39 Å². The highest BCUT2D eigenvalue weighted by molar-refractivity contribution is 9.10. The van der Waals surface area contributed by atoms with E-state index in [4.69, 9.17) is 11.6 Å². The predicted octanol–water partition coefficient (Wildman–Crippen LogP) is 3.18. The molecule has 0 heterocycles. The molecule has 1 rings (SSSR count). The predicted molar refractivity (Wildman–Crippen MR) is 70.9 cm³/mol. The molecule has 0 atom stereocenters. The lowest BCUT2D eigenvalue weighted by molar-refractivity contribution is -0.120. The van der Waals surface area contributed by atoms with Crippen molar-refractivity contribution in [3.8, 4) is 0 Å². The van der Waals surface area contributed by atoms with Crippen LogP contribution in [0.4, 0.5) is 10.1 Å². The van der Waals surface area contributed by atoms with Crippen LogP contribution < -0.4 is 10.6 Å². The minimum atomic E-state index is -0.391. The van der Waals surface area contributed by atoms with Crippen LogP contribution >= 0.6 is 27.5 Å². The molecule has 1 amide bonds. The summed E-state index contributed by atoms with van der Waals surface area (Å²) in [5, 5.41) is 5.92. The Morgan fingerprint density at radius 3 is 2.82 bits per heavy atom. The minimum absolute atomic E-state index is 0.00364. The number of nitrogens with one attached hydrogen (secondary N) is 2. The Balaban J connectivity index is 2.50. The molecule has 2 N–H and O–H groups in total. The highest BCUT2D eigenvalue weighted by Crippen LogP contribution is 2.31. The summed E-state index contributed by atoms with van der Waals surface area (Å²) in [4.78, 5) is 11.0. The van der Waals surface area contributed by atoms with Crippen molar-refractivity contribution in [3.05, 3.63) is 27.4 Å². The summed E-state index contributed by atoms with van der Waals surface area (Å²) in [5.74, 6) is -0.395. The first-order valence-electron chi connectivity index (χ1n) is 5.13. The van der Waals surface area contributed by atoms with Crippen LogP contribution in [0.15, 0.2) is 16.6 Å². The first-order chi connectivity index (χ1) is 8.04. The standard InChI is InChI=1S/C11H13BrClFN2O/c1-15-10(17)3-2-4-16-11-8(12)5-7(14)6-9(11)13/h5-6,16H,2-4H2,1H3,(H,15,17). The third kappa shape index (κ3) is 4.52. The molecule has 94 valence electrons. The Kier molecular flexibility index (Phi) is 5.71. The fourth-order valence-electron chi connectivity index (χ4n) is 1.30. The quantitative estimate of drug-likeness (QED) is 0.817. The highest BCUT2D eigenvalue weighted by atomic mass is 79.9. The molecule has 0 spiro atoms. The van der Waals surface area contributed by atoms with E-state index in [1.54, 1.807) is 7.05 Å². The van der Waals surface area contributed by atoms with Gasteiger partial charge < -0.3 is 10.6 Å². The molecule has 0 aromatic heterocycles. The van der Waals surface area contributed by atoms with E-state index in [0.717, 1.165) is 0 Å². The van der Waals surface area contributed by atoms with Crippen molar-refractivity contribution in [2.75, 3.05) is 18.9 Å². The van der Waals surface area contributed by atoms with Gasteiger partial charge in [0.25, 0.3) is 0 Å².